The molecule has 19 heavy (non-hydrogen) atoms. The Bertz CT molecular complexity index is 495. The molecule has 1 aliphatic rings. The normalized spacial score (nSPS) is 23.4. The number of nitrogens with zero attached hydrogens (tertiary/aromatic N) is 1. The van der Waals surface area contributed by atoms with Crippen molar-refractivity contribution < 1.29 is 14.3 Å². The van der Waals surface area contributed by atoms with E-state index in [0.29, 0.717) is 0 Å². The molecule has 0 bridgehead atoms. The minimum atomic E-state index is -0.802. The molecule has 1 aromatic rings. The van der Waals surface area contributed by atoms with Gasteiger partial charge in [0, 0.05) is 0 Å². The van der Waals surface area contributed by atoms with E-state index in [0.717, 1.165) is 5.56 Å². The lowest BCUT2D eigenvalue weighted by Gasteiger charge is -2.27. The number of hydrogen-bond acceptors (Lipinski definition) is 3. The highest BCUT2D eigenvalue weighted by Crippen LogP contribution is 2.36. The first-order valence-corrected chi connectivity index (χ1v) is 6.90. The maximum absolute atomic E-state index is 12.4. The van der Waals surface area contributed by atoms with Crippen LogP contribution in [0.5, 0.6) is 0 Å². The maximum Gasteiger partial charge on any atom is 0.417 e. The summed E-state index contributed by atoms with van der Waals surface area (Å²) in [6.07, 6.45) is -0.937. The highest BCUT2D eigenvalue weighted by Gasteiger charge is 2.47. The van der Waals surface area contributed by atoms with Gasteiger partial charge in [0.05, 0.1) is 4.32 Å². The van der Waals surface area contributed by atoms with Crippen molar-refractivity contribution in [3.05, 3.63) is 35.9 Å². The second-order valence-corrected chi connectivity index (χ2v) is 7.07. The summed E-state index contributed by atoms with van der Waals surface area (Å²) >= 11 is 3.30. The van der Waals surface area contributed by atoms with Gasteiger partial charge in [0.1, 0.15) is 12.1 Å². The third-order valence-electron chi connectivity index (χ3n) is 3.07. The van der Waals surface area contributed by atoms with E-state index in [2.05, 4.69) is 15.9 Å². The molecule has 0 saturated carbocycles. The van der Waals surface area contributed by atoms with Gasteiger partial charge in [0.2, 0.25) is 5.91 Å². The van der Waals surface area contributed by atoms with Crippen molar-refractivity contribution in [2.45, 2.75) is 37.2 Å². The number of carbonyl (C=O) groups excluding carboxylic acids is 2. The number of carbonyl (C=O) groups is 2. The van der Waals surface area contributed by atoms with Gasteiger partial charge in [-0.2, -0.15) is 0 Å². The van der Waals surface area contributed by atoms with Crippen LogP contribution in [0.2, 0.25) is 0 Å². The number of halogens is 1. The summed E-state index contributed by atoms with van der Waals surface area (Å²) in [5, 5.41) is 0. The van der Waals surface area contributed by atoms with Crippen LogP contribution >= 0.6 is 15.9 Å². The van der Waals surface area contributed by atoms with Gasteiger partial charge in [-0.15, -0.1) is 0 Å². The molecule has 2 rings (SSSR count). The van der Waals surface area contributed by atoms with Crippen LogP contribution in [0.25, 0.3) is 0 Å². The second-order valence-electron chi connectivity index (χ2n) is 5.09. The van der Waals surface area contributed by atoms with E-state index in [4.69, 9.17) is 4.74 Å². The highest BCUT2D eigenvalue weighted by atomic mass is 79.9. The molecule has 2 atom stereocenters. The smallest absolute Gasteiger partial charge is 0.417 e. The van der Waals surface area contributed by atoms with Crippen LogP contribution in [0.4, 0.5) is 4.79 Å². The molecule has 1 heterocycles. The predicted molar refractivity (Wildman–Crippen MR) is 75.0 cm³/mol. The molecule has 102 valence electrons. The Kier molecular flexibility index (Phi) is 3.67. The third kappa shape index (κ3) is 2.66. The Balaban J connectivity index is 2.40. The number of imide groups is 1. The van der Waals surface area contributed by atoms with E-state index in [1.54, 1.807) is 20.8 Å². The van der Waals surface area contributed by atoms with Crippen molar-refractivity contribution in [2.75, 3.05) is 0 Å². The highest BCUT2D eigenvalue weighted by molar-refractivity contribution is 9.10. The van der Waals surface area contributed by atoms with Gasteiger partial charge in [-0.25, -0.2) is 9.69 Å². The molecule has 0 aromatic heterocycles. The summed E-state index contributed by atoms with van der Waals surface area (Å²) in [6, 6.07) is 9.07. The zero-order valence-electron chi connectivity index (χ0n) is 11.1. The van der Waals surface area contributed by atoms with Crippen molar-refractivity contribution in [3.63, 3.8) is 0 Å². The van der Waals surface area contributed by atoms with Gasteiger partial charge < -0.3 is 4.74 Å². The van der Waals surface area contributed by atoms with Gasteiger partial charge in [0.15, 0.2) is 0 Å². The minimum Gasteiger partial charge on any atom is -0.443 e. The lowest BCUT2D eigenvalue weighted by molar-refractivity contribution is -0.131. The van der Waals surface area contributed by atoms with Gasteiger partial charge in [-0.1, -0.05) is 46.3 Å². The first-order chi connectivity index (χ1) is 8.82. The third-order valence-corrected chi connectivity index (χ3v) is 3.41. The van der Waals surface area contributed by atoms with Crippen molar-refractivity contribution in [3.8, 4) is 0 Å². The van der Waals surface area contributed by atoms with E-state index in [1.807, 2.05) is 30.3 Å². The molecule has 0 aliphatic carbocycles. The molecule has 1 saturated heterocycles. The van der Waals surface area contributed by atoms with Crippen LogP contribution in [-0.4, -0.2) is 27.3 Å². The summed E-state index contributed by atoms with van der Waals surface area (Å²) in [5.41, 5.74) is 0.894. The number of benzene rings is 1. The first-order valence-electron chi connectivity index (χ1n) is 6.10. The molecule has 0 spiro atoms. The number of alkyl halides is 1. The fraction of sp³-hybridized carbons (Fsp3) is 0.429. The van der Waals surface area contributed by atoms with Crippen molar-refractivity contribution in [1.29, 1.82) is 0 Å². The van der Waals surface area contributed by atoms with E-state index in [9.17, 15) is 9.59 Å². The van der Waals surface area contributed by atoms with Crippen molar-refractivity contribution in [2.24, 2.45) is 0 Å². The van der Waals surface area contributed by atoms with Crippen LogP contribution in [-0.2, 0) is 9.53 Å². The molecule has 0 unspecified atom stereocenters. The van der Waals surface area contributed by atoms with Crippen LogP contribution in [0, 0.1) is 0 Å². The van der Waals surface area contributed by atoms with Gasteiger partial charge in [0.25, 0.3) is 0 Å². The number of cyclic esters (lactones) is 1. The fourth-order valence-electron chi connectivity index (χ4n) is 2.17. The average Bonchev–Trinajstić information content (AvgIpc) is 2.63. The fourth-order valence-corrected chi connectivity index (χ4v) is 2.36. The maximum atomic E-state index is 12.4. The number of rotatable bonds is 2. The molecule has 1 aliphatic heterocycles. The summed E-state index contributed by atoms with van der Waals surface area (Å²) in [4.78, 5) is 25.5. The molecular weight excluding hydrogens is 310 g/mol. The Hall–Kier alpha value is -1.36. The molecule has 1 fully saturated rings. The van der Waals surface area contributed by atoms with Crippen molar-refractivity contribution in [1.82, 2.24) is 4.90 Å². The van der Waals surface area contributed by atoms with Crippen LogP contribution in [0.3, 0.4) is 0 Å². The zero-order valence-corrected chi connectivity index (χ0v) is 12.7. The summed E-state index contributed by atoms with van der Waals surface area (Å²) < 4.78 is 4.40. The Morgan fingerprint density at radius 1 is 1.32 bits per heavy atom. The molecule has 0 radical (unpaired) electrons. The number of hydrogen-bond donors (Lipinski definition) is 0. The van der Waals surface area contributed by atoms with E-state index >= 15 is 0 Å². The van der Waals surface area contributed by atoms with Crippen molar-refractivity contribution >= 4 is 27.9 Å². The van der Waals surface area contributed by atoms with Gasteiger partial charge in [-0.3, -0.25) is 4.79 Å². The lowest BCUT2D eigenvalue weighted by Crippen LogP contribution is -2.44. The second kappa shape index (κ2) is 4.96. The quantitative estimate of drug-likeness (QED) is 0.784. The molecular formula is C14H16BrNO3. The predicted octanol–water partition coefficient (Wildman–Crippen LogP) is 3.27. The van der Waals surface area contributed by atoms with Gasteiger partial charge in [-0.05, 0) is 26.3 Å². The zero-order chi connectivity index (χ0) is 14.2. The molecule has 1 aromatic carbocycles. The molecule has 2 amide bonds. The average molecular weight is 326 g/mol. The van der Waals surface area contributed by atoms with E-state index in [-0.39, 0.29) is 18.1 Å². The van der Waals surface area contributed by atoms with Gasteiger partial charge >= 0.3 is 6.09 Å². The molecule has 5 heteroatoms. The number of amides is 2. The first kappa shape index (κ1) is 14.1. The summed E-state index contributed by atoms with van der Waals surface area (Å²) in [6.45, 7) is 5.23. The van der Waals surface area contributed by atoms with E-state index < -0.39 is 10.4 Å². The Morgan fingerprint density at radius 2 is 1.89 bits per heavy atom. The Labute approximate surface area is 120 Å². The minimum absolute atomic E-state index is 0.296. The summed E-state index contributed by atoms with van der Waals surface area (Å²) in [7, 11) is 0. The molecule has 4 nitrogen and oxygen atoms in total. The van der Waals surface area contributed by atoms with Crippen LogP contribution in [0.15, 0.2) is 30.3 Å². The standard InChI is InChI=1S/C14H16BrNO3/c1-9-11(10-7-5-4-6-8-10)16(13(18)19-9)12(17)14(2,3)15/h4-9,11H,1-3H3/t9-,11-/m0/s1. The number of ether oxygens (including phenoxy) is 1. The monoisotopic (exact) mass is 325 g/mol. The SMILES string of the molecule is C[C@@H]1OC(=O)N(C(=O)C(C)(C)Br)[C@@H]1c1ccccc1. The Morgan fingerprint density at radius 3 is 2.42 bits per heavy atom. The lowest BCUT2D eigenvalue weighted by atomic mass is 10.0. The largest absolute Gasteiger partial charge is 0.443 e. The van der Waals surface area contributed by atoms with E-state index in [1.165, 1.54) is 4.90 Å². The topological polar surface area (TPSA) is 46.6 Å². The van der Waals surface area contributed by atoms with Crippen LogP contribution < -0.4 is 0 Å². The van der Waals surface area contributed by atoms with Crippen LogP contribution in [0.1, 0.15) is 32.4 Å². The summed E-state index contributed by atoms with van der Waals surface area (Å²) in [5.74, 6) is -0.296. The molecule has 0 N–H and O–H groups in total.